The van der Waals surface area contributed by atoms with E-state index in [1.165, 1.54) is 12.1 Å². The van der Waals surface area contributed by atoms with Crippen molar-refractivity contribution in [1.29, 1.82) is 0 Å². The van der Waals surface area contributed by atoms with E-state index < -0.39 is 9.84 Å². The first-order valence-corrected chi connectivity index (χ1v) is 9.82. The van der Waals surface area contributed by atoms with E-state index in [0.29, 0.717) is 37.8 Å². The van der Waals surface area contributed by atoms with Crippen molar-refractivity contribution in [2.75, 3.05) is 45.1 Å². The number of ether oxygens (including phenoxy) is 2. The summed E-state index contributed by atoms with van der Waals surface area (Å²) in [6.45, 7) is 3.81. The molecule has 0 aromatic heterocycles. The number of amides is 1. The Labute approximate surface area is 154 Å². The molecule has 2 heterocycles. The van der Waals surface area contributed by atoms with Gasteiger partial charge in [-0.2, -0.15) is 0 Å². The number of nitrogens with zero attached hydrogens (tertiary/aromatic N) is 1. The average Bonchev–Trinajstić information content (AvgIpc) is 2.85. The van der Waals surface area contributed by atoms with E-state index in [-0.39, 0.29) is 35.4 Å². The third-order valence-electron chi connectivity index (χ3n) is 4.13. The number of sulfone groups is 1. The van der Waals surface area contributed by atoms with Crippen LogP contribution in [0, 0.1) is 0 Å². The van der Waals surface area contributed by atoms with Crippen LogP contribution in [0.1, 0.15) is 12.8 Å². The topological polar surface area (TPSA) is 84.9 Å². The van der Waals surface area contributed by atoms with E-state index in [1.807, 2.05) is 0 Å². The number of piperazine rings is 1. The minimum Gasteiger partial charge on any atom is -0.490 e. The molecule has 0 atom stereocenters. The summed E-state index contributed by atoms with van der Waals surface area (Å²) in [5.74, 6) is 0.690. The summed E-state index contributed by atoms with van der Waals surface area (Å²) >= 11 is 0. The molecule has 140 valence electrons. The molecule has 1 aromatic rings. The van der Waals surface area contributed by atoms with E-state index in [4.69, 9.17) is 9.47 Å². The van der Waals surface area contributed by atoms with Crippen molar-refractivity contribution in [2.45, 2.75) is 17.7 Å². The van der Waals surface area contributed by atoms with Crippen LogP contribution in [0.15, 0.2) is 23.1 Å². The van der Waals surface area contributed by atoms with E-state index in [1.54, 1.807) is 11.0 Å². The number of fused-ring (bicyclic) bond motifs is 1. The molecule has 9 heteroatoms. The number of halogens is 1. The van der Waals surface area contributed by atoms with Gasteiger partial charge in [0.25, 0.3) is 0 Å². The molecule has 0 bridgehead atoms. The van der Waals surface area contributed by atoms with E-state index >= 15 is 0 Å². The Morgan fingerprint density at radius 1 is 1.12 bits per heavy atom. The van der Waals surface area contributed by atoms with E-state index in [9.17, 15) is 13.2 Å². The number of rotatable bonds is 4. The lowest BCUT2D eigenvalue weighted by Gasteiger charge is -2.27. The van der Waals surface area contributed by atoms with Gasteiger partial charge in [-0.15, -0.1) is 12.4 Å². The van der Waals surface area contributed by atoms with Gasteiger partial charge in [-0.3, -0.25) is 4.79 Å². The summed E-state index contributed by atoms with van der Waals surface area (Å²) < 4.78 is 36.1. The van der Waals surface area contributed by atoms with Gasteiger partial charge in [-0.05, 0) is 12.1 Å². The van der Waals surface area contributed by atoms with Crippen molar-refractivity contribution in [3.05, 3.63) is 18.2 Å². The molecule has 1 aromatic carbocycles. The molecule has 0 aliphatic carbocycles. The third kappa shape index (κ3) is 4.99. The molecule has 1 saturated heterocycles. The zero-order valence-electron chi connectivity index (χ0n) is 13.9. The van der Waals surface area contributed by atoms with Crippen LogP contribution in [0.4, 0.5) is 0 Å². The lowest BCUT2D eigenvalue weighted by Crippen LogP contribution is -2.46. The summed E-state index contributed by atoms with van der Waals surface area (Å²) in [5, 5.41) is 3.16. The predicted molar refractivity (Wildman–Crippen MR) is 95.4 cm³/mol. The molecule has 2 aliphatic heterocycles. The largest absolute Gasteiger partial charge is 0.490 e. The fourth-order valence-electron chi connectivity index (χ4n) is 2.75. The number of hydrogen-bond acceptors (Lipinski definition) is 6. The van der Waals surface area contributed by atoms with Crippen LogP contribution in [-0.2, 0) is 14.6 Å². The first kappa shape index (κ1) is 19.8. The van der Waals surface area contributed by atoms with Crippen LogP contribution in [0.5, 0.6) is 11.5 Å². The van der Waals surface area contributed by atoms with Crippen LogP contribution >= 0.6 is 12.4 Å². The van der Waals surface area contributed by atoms with E-state index in [2.05, 4.69) is 5.32 Å². The molecule has 0 saturated carbocycles. The van der Waals surface area contributed by atoms with Crippen molar-refractivity contribution < 1.29 is 22.7 Å². The van der Waals surface area contributed by atoms with Gasteiger partial charge in [0, 0.05) is 45.1 Å². The lowest BCUT2D eigenvalue weighted by atomic mass is 10.3. The molecular weight excluding hydrogens is 368 g/mol. The second-order valence-corrected chi connectivity index (χ2v) is 7.97. The Morgan fingerprint density at radius 2 is 1.80 bits per heavy atom. The molecule has 25 heavy (non-hydrogen) atoms. The third-order valence-corrected chi connectivity index (χ3v) is 5.85. The van der Waals surface area contributed by atoms with Crippen LogP contribution in [-0.4, -0.2) is 64.4 Å². The first-order valence-electron chi connectivity index (χ1n) is 8.17. The maximum absolute atomic E-state index is 12.5. The van der Waals surface area contributed by atoms with Crippen molar-refractivity contribution >= 4 is 28.2 Å². The Hall–Kier alpha value is -1.51. The normalized spacial score (nSPS) is 17.4. The molecule has 1 amide bonds. The number of carbonyl (C=O) groups is 1. The Morgan fingerprint density at radius 3 is 2.52 bits per heavy atom. The average molecular weight is 391 g/mol. The summed E-state index contributed by atoms with van der Waals surface area (Å²) in [7, 11) is -3.54. The summed E-state index contributed by atoms with van der Waals surface area (Å²) in [4.78, 5) is 14.0. The Bertz CT molecular complexity index is 704. The van der Waals surface area contributed by atoms with E-state index in [0.717, 1.165) is 19.5 Å². The highest BCUT2D eigenvalue weighted by molar-refractivity contribution is 7.91. The molecule has 3 rings (SSSR count). The quantitative estimate of drug-likeness (QED) is 0.821. The molecular formula is C16H23ClN2O5S. The summed E-state index contributed by atoms with van der Waals surface area (Å²) in [6, 6.07) is 4.62. The van der Waals surface area contributed by atoms with Gasteiger partial charge < -0.3 is 19.7 Å². The zero-order chi connectivity index (χ0) is 17.0. The highest BCUT2D eigenvalue weighted by Crippen LogP contribution is 2.32. The molecule has 7 nitrogen and oxygen atoms in total. The SMILES string of the molecule is Cl.O=C(CCS(=O)(=O)c1ccc2c(c1)OCCCO2)N1CCNCC1. The minimum absolute atomic E-state index is 0. The molecule has 0 radical (unpaired) electrons. The molecule has 2 aliphatic rings. The molecule has 1 N–H and O–H groups in total. The van der Waals surface area contributed by atoms with Gasteiger partial charge in [0.15, 0.2) is 21.3 Å². The summed E-state index contributed by atoms with van der Waals surface area (Å²) in [5.41, 5.74) is 0. The van der Waals surface area contributed by atoms with Gasteiger partial charge in [-0.25, -0.2) is 8.42 Å². The van der Waals surface area contributed by atoms with Gasteiger partial charge in [0.2, 0.25) is 5.91 Å². The Kier molecular flexibility index (Phi) is 6.92. The standard InChI is InChI=1S/C16H22N2O5S.ClH/c19-16(18-7-5-17-6-8-18)4-11-24(20,21)13-2-3-14-15(12-13)23-10-1-9-22-14;/h2-3,12,17H,1,4-11H2;1H. The number of nitrogens with one attached hydrogen (secondary N) is 1. The van der Waals surface area contributed by atoms with Crippen LogP contribution in [0.2, 0.25) is 0 Å². The minimum atomic E-state index is -3.54. The van der Waals surface area contributed by atoms with Gasteiger partial charge in [-0.1, -0.05) is 0 Å². The zero-order valence-corrected chi connectivity index (χ0v) is 15.5. The second-order valence-electron chi connectivity index (χ2n) is 5.86. The molecule has 1 fully saturated rings. The highest BCUT2D eigenvalue weighted by atomic mass is 35.5. The monoisotopic (exact) mass is 390 g/mol. The van der Waals surface area contributed by atoms with Crippen molar-refractivity contribution in [3.63, 3.8) is 0 Å². The van der Waals surface area contributed by atoms with Gasteiger partial charge >= 0.3 is 0 Å². The maximum Gasteiger partial charge on any atom is 0.223 e. The number of benzene rings is 1. The second kappa shape index (κ2) is 8.73. The number of carbonyl (C=O) groups excluding carboxylic acids is 1. The maximum atomic E-state index is 12.5. The smallest absolute Gasteiger partial charge is 0.223 e. The van der Waals surface area contributed by atoms with Crippen molar-refractivity contribution in [3.8, 4) is 11.5 Å². The van der Waals surface area contributed by atoms with Crippen LogP contribution in [0.25, 0.3) is 0 Å². The first-order chi connectivity index (χ1) is 11.6. The summed E-state index contributed by atoms with van der Waals surface area (Å²) in [6.07, 6.45) is 0.757. The van der Waals surface area contributed by atoms with Gasteiger partial charge in [0.1, 0.15) is 0 Å². The van der Waals surface area contributed by atoms with Crippen molar-refractivity contribution in [2.24, 2.45) is 0 Å². The van der Waals surface area contributed by atoms with Crippen molar-refractivity contribution in [1.82, 2.24) is 10.2 Å². The van der Waals surface area contributed by atoms with Crippen LogP contribution in [0.3, 0.4) is 0 Å². The highest BCUT2D eigenvalue weighted by Gasteiger charge is 2.22. The lowest BCUT2D eigenvalue weighted by molar-refractivity contribution is -0.131. The van der Waals surface area contributed by atoms with Crippen LogP contribution < -0.4 is 14.8 Å². The number of hydrogen-bond donors (Lipinski definition) is 1. The fraction of sp³-hybridized carbons (Fsp3) is 0.562. The van der Waals surface area contributed by atoms with Gasteiger partial charge in [0.05, 0.1) is 23.9 Å². The Balaban J connectivity index is 0.00000225. The fourth-order valence-corrected chi connectivity index (χ4v) is 3.99. The molecule has 0 spiro atoms. The predicted octanol–water partition coefficient (Wildman–Crippen LogP) is 0.865. The molecule has 0 unspecified atom stereocenters.